The van der Waals surface area contributed by atoms with Crippen LogP contribution in [-0.4, -0.2) is 26.2 Å². The molecule has 0 amide bonds. The fourth-order valence-corrected chi connectivity index (χ4v) is 3.83. The Hall–Kier alpha value is -0.340. The first kappa shape index (κ1) is 13.1. The van der Waals surface area contributed by atoms with Crippen LogP contribution in [-0.2, 0) is 0 Å². The summed E-state index contributed by atoms with van der Waals surface area (Å²) in [5.74, 6) is 1.64. The Morgan fingerprint density at radius 1 is 1.35 bits per heavy atom. The van der Waals surface area contributed by atoms with Crippen LogP contribution in [0, 0.1) is 17.3 Å². The van der Waals surface area contributed by atoms with E-state index in [1.807, 2.05) is 0 Å². The standard InChI is InChI=1S/C15H28N2/c1-5-12-7-15(4,11(12)3)14-10-17-9-13(14)8-16-6-2/h13-14,16-17H,5-10H2,1-4H3/t13?,14?,15-/m0/s1. The Balaban J connectivity index is 2.05. The van der Waals surface area contributed by atoms with Crippen molar-refractivity contribution < 1.29 is 0 Å². The molecule has 2 heteroatoms. The van der Waals surface area contributed by atoms with E-state index in [-0.39, 0.29) is 0 Å². The maximum Gasteiger partial charge on any atom is -0.000479 e. The maximum absolute atomic E-state index is 3.60. The van der Waals surface area contributed by atoms with Crippen molar-refractivity contribution in [3.63, 3.8) is 0 Å². The van der Waals surface area contributed by atoms with Crippen molar-refractivity contribution in [1.82, 2.24) is 10.6 Å². The minimum atomic E-state index is 0.481. The van der Waals surface area contributed by atoms with Gasteiger partial charge >= 0.3 is 0 Å². The van der Waals surface area contributed by atoms with E-state index in [2.05, 4.69) is 38.3 Å². The maximum atomic E-state index is 3.60. The number of nitrogens with one attached hydrogen (secondary N) is 2. The highest BCUT2D eigenvalue weighted by atomic mass is 15.0. The lowest BCUT2D eigenvalue weighted by Gasteiger charge is -2.48. The van der Waals surface area contributed by atoms with Gasteiger partial charge in [0.05, 0.1) is 0 Å². The minimum Gasteiger partial charge on any atom is -0.317 e. The molecule has 0 aromatic carbocycles. The van der Waals surface area contributed by atoms with E-state index in [0.717, 1.165) is 18.4 Å². The molecule has 2 rings (SSSR count). The van der Waals surface area contributed by atoms with Crippen LogP contribution in [0.5, 0.6) is 0 Å². The molecule has 98 valence electrons. The molecule has 2 nitrogen and oxygen atoms in total. The topological polar surface area (TPSA) is 24.1 Å². The van der Waals surface area contributed by atoms with Crippen LogP contribution < -0.4 is 10.6 Å². The highest BCUT2D eigenvalue weighted by Gasteiger charge is 2.48. The summed E-state index contributed by atoms with van der Waals surface area (Å²) in [5.41, 5.74) is 3.88. The smallest absolute Gasteiger partial charge is 0.000479 e. The van der Waals surface area contributed by atoms with Crippen molar-refractivity contribution in [2.75, 3.05) is 26.2 Å². The van der Waals surface area contributed by atoms with Crippen LogP contribution in [0.1, 0.15) is 40.5 Å². The predicted molar refractivity (Wildman–Crippen MR) is 74.1 cm³/mol. The molecule has 0 spiro atoms. The van der Waals surface area contributed by atoms with Crippen LogP contribution >= 0.6 is 0 Å². The summed E-state index contributed by atoms with van der Waals surface area (Å²) in [5, 5.41) is 7.12. The number of allylic oxidation sites excluding steroid dienone is 2. The van der Waals surface area contributed by atoms with Gasteiger partial charge in [-0.25, -0.2) is 0 Å². The lowest BCUT2D eigenvalue weighted by Crippen LogP contribution is -2.43. The monoisotopic (exact) mass is 236 g/mol. The van der Waals surface area contributed by atoms with Crippen LogP contribution in [0.2, 0.25) is 0 Å². The van der Waals surface area contributed by atoms with Gasteiger partial charge in [0.15, 0.2) is 0 Å². The average Bonchev–Trinajstić information content (AvgIpc) is 2.80. The molecule has 1 saturated heterocycles. The Kier molecular flexibility index (Phi) is 3.94. The minimum absolute atomic E-state index is 0.481. The molecule has 17 heavy (non-hydrogen) atoms. The molecule has 0 aromatic rings. The molecule has 1 aliphatic carbocycles. The third-order valence-electron chi connectivity index (χ3n) is 5.21. The molecule has 0 radical (unpaired) electrons. The molecular formula is C15H28N2. The molecule has 0 bridgehead atoms. The molecule has 2 N–H and O–H groups in total. The molecule has 1 fully saturated rings. The summed E-state index contributed by atoms with van der Waals surface area (Å²) in [7, 11) is 0. The van der Waals surface area contributed by atoms with Crippen LogP contribution in [0.15, 0.2) is 11.1 Å². The first-order chi connectivity index (χ1) is 8.13. The number of rotatable bonds is 5. The van der Waals surface area contributed by atoms with E-state index in [1.165, 1.54) is 32.5 Å². The first-order valence-corrected chi connectivity index (χ1v) is 7.24. The lowest BCUT2D eigenvalue weighted by atomic mass is 9.56. The normalized spacial score (nSPS) is 37.4. The number of hydrogen-bond donors (Lipinski definition) is 2. The van der Waals surface area contributed by atoms with Crippen molar-refractivity contribution in [3.8, 4) is 0 Å². The second kappa shape index (κ2) is 5.11. The highest BCUT2D eigenvalue weighted by Crippen LogP contribution is 2.54. The summed E-state index contributed by atoms with van der Waals surface area (Å²) < 4.78 is 0. The van der Waals surface area contributed by atoms with Gasteiger partial charge in [-0.2, -0.15) is 0 Å². The molecule has 0 aromatic heterocycles. The second-order valence-corrected chi connectivity index (χ2v) is 6.01. The van der Waals surface area contributed by atoms with Gasteiger partial charge in [0.25, 0.3) is 0 Å². The highest BCUT2D eigenvalue weighted by molar-refractivity contribution is 5.34. The van der Waals surface area contributed by atoms with Crippen LogP contribution in [0.4, 0.5) is 0 Å². The summed E-state index contributed by atoms with van der Waals surface area (Å²) in [6.07, 6.45) is 2.59. The zero-order valence-corrected chi connectivity index (χ0v) is 11.9. The Bertz CT molecular complexity index is 308. The SMILES string of the molecule is CCNCC1CNCC1[C@@]1(C)CC(CC)=C1C. The van der Waals surface area contributed by atoms with E-state index >= 15 is 0 Å². The zero-order valence-electron chi connectivity index (χ0n) is 11.9. The summed E-state index contributed by atoms with van der Waals surface area (Å²) in [4.78, 5) is 0. The van der Waals surface area contributed by atoms with Gasteiger partial charge in [0.2, 0.25) is 0 Å². The molecule has 0 saturated carbocycles. The van der Waals surface area contributed by atoms with Gasteiger partial charge in [0, 0.05) is 0 Å². The van der Waals surface area contributed by atoms with Crippen LogP contribution in [0.3, 0.4) is 0 Å². The molecule has 3 atom stereocenters. The van der Waals surface area contributed by atoms with Crippen molar-refractivity contribution >= 4 is 0 Å². The van der Waals surface area contributed by atoms with E-state index in [9.17, 15) is 0 Å². The van der Waals surface area contributed by atoms with Crippen molar-refractivity contribution in [2.24, 2.45) is 17.3 Å². The third-order valence-corrected chi connectivity index (χ3v) is 5.21. The van der Waals surface area contributed by atoms with Gasteiger partial charge in [-0.05, 0) is 63.2 Å². The van der Waals surface area contributed by atoms with E-state index < -0.39 is 0 Å². The summed E-state index contributed by atoms with van der Waals surface area (Å²) >= 11 is 0. The lowest BCUT2D eigenvalue weighted by molar-refractivity contribution is 0.164. The fraction of sp³-hybridized carbons (Fsp3) is 0.867. The molecule has 1 aliphatic heterocycles. The molecule has 1 heterocycles. The van der Waals surface area contributed by atoms with Gasteiger partial charge in [0.1, 0.15) is 0 Å². The van der Waals surface area contributed by atoms with Crippen LogP contribution in [0.25, 0.3) is 0 Å². The van der Waals surface area contributed by atoms with Gasteiger partial charge in [-0.3, -0.25) is 0 Å². The van der Waals surface area contributed by atoms with Crippen molar-refractivity contribution in [3.05, 3.63) is 11.1 Å². The third kappa shape index (κ3) is 2.17. The molecule has 2 unspecified atom stereocenters. The van der Waals surface area contributed by atoms with Gasteiger partial charge < -0.3 is 10.6 Å². The van der Waals surface area contributed by atoms with Gasteiger partial charge in [-0.15, -0.1) is 0 Å². The van der Waals surface area contributed by atoms with Gasteiger partial charge in [-0.1, -0.05) is 31.9 Å². The van der Waals surface area contributed by atoms with E-state index in [1.54, 1.807) is 11.1 Å². The Morgan fingerprint density at radius 2 is 2.12 bits per heavy atom. The predicted octanol–water partition coefficient (Wildman–Crippen LogP) is 2.57. The summed E-state index contributed by atoms with van der Waals surface area (Å²) in [6, 6.07) is 0. The van der Waals surface area contributed by atoms with Crippen molar-refractivity contribution in [2.45, 2.75) is 40.5 Å². The molecular weight excluding hydrogens is 208 g/mol. The first-order valence-electron chi connectivity index (χ1n) is 7.24. The quantitative estimate of drug-likeness (QED) is 0.717. The Morgan fingerprint density at radius 3 is 2.71 bits per heavy atom. The average molecular weight is 236 g/mol. The zero-order chi connectivity index (χ0) is 12.5. The molecule has 2 aliphatic rings. The van der Waals surface area contributed by atoms with E-state index in [0.29, 0.717) is 5.41 Å². The largest absolute Gasteiger partial charge is 0.317 e. The van der Waals surface area contributed by atoms with E-state index in [4.69, 9.17) is 0 Å². The van der Waals surface area contributed by atoms with Crippen molar-refractivity contribution in [1.29, 1.82) is 0 Å². The Labute approximate surface area is 106 Å². The second-order valence-electron chi connectivity index (χ2n) is 6.01. The number of hydrogen-bond acceptors (Lipinski definition) is 2. The fourth-order valence-electron chi connectivity index (χ4n) is 3.83. The summed E-state index contributed by atoms with van der Waals surface area (Å²) in [6.45, 7) is 14.0.